The molecule has 1 N–H and O–H groups in total. The van der Waals surface area contributed by atoms with Crippen LogP contribution in [-0.4, -0.2) is 24.6 Å². The van der Waals surface area contributed by atoms with Crippen molar-refractivity contribution in [2.45, 2.75) is 45.1 Å². The molecule has 2 atom stereocenters. The van der Waals surface area contributed by atoms with Crippen LogP contribution < -0.4 is 5.32 Å². The molecule has 1 nitrogen and oxygen atoms in total. The van der Waals surface area contributed by atoms with Gasteiger partial charge in [-0.3, -0.25) is 0 Å². The minimum Gasteiger partial charge on any atom is -0.314 e. The summed E-state index contributed by atoms with van der Waals surface area (Å²) in [6.07, 6.45) is 9.39. The molecule has 0 saturated heterocycles. The molecule has 1 aliphatic carbocycles. The number of hydrogen-bond acceptors (Lipinski definition) is 2. The van der Waals surface area contributed by atoms with E-state index in [1.54, 1.807) is 0 Å². The van der Waals surface area contributed by atoms with Gasteiger partial charge < -0.3 is 5.32 Å². The summed E-state index contributed by atoms with van der Waals surface area (Å²) >= 11 is 1.99. The van der Waals surface area contributed by atoms with Crippen LogP contribution in [0.25, 0.3) is 0 Å². The molecule has 78 valence electrons. The second-order valence-electron chi connectivity index (χ2n) is 4.07. The third-order valence-electron chi connectivity index (χ3n) is 3.01. The van der Waals surface area contributed by atoms with Gasteiger partial charge >= 0.3 is 0 Å². The lowest BCUT2D eigenvalue weighted by molar-refractivity contribution is 0.284. The first kappa shape index (κ1) is 11.4. The SMILES string of the molecule is CCNC1CCCC(CCSC)C1. The zero-order valence-electron chi connectivity index (χ0n) is 9.01. The zero-order valence-corrected chi connectivity index (χ0v) is 9.83. The van der Waals surface area contributed by atoms with Gasteiger partial charge in [0, 0.05) is 6.04 Å². The molecule has 0 aromatic heterocycles. The normalized spacial score (nSPS) is 29.1. The van der Waals surface area contributed by atoms with Crippen molar-refractivity contribution in [3.63, 3.8) is 0 Å². The van der Waals surface area contributed by atoms with E-state index in [0.29, 0.717) is 0 Å². The fraction of sp³-hybridized carbons (Fsp3) is 1.00. The highest BCUT2D eigenvalue weighted by molar-refractivity contribution is 7.98. The molecule has 2 unspecified atom stereocenters. The summed E-state index contributed by atoms with van der Waals surface area (Å²) in [7, 11) is 0. The van der Waals surface area contributed by atoms with Gasteiger partial charge in [0.1, 0.15) is 0 Å². The highest BCUT2D eigenvalue weighted by atomic mass is 32.2. The van der Waals surface area contributed by atoms with Crippen molar-refractivity contribution >= 4 is 11.8 Å². The maximum atomic E-state index is 3.58. The first-order valence-corrected chi connectivity index (χ1v) is 6.98. The van der Waals surface area contributed by atoms with Crippen molar-refractivity contribution in [1.29, 1.82) is 0 Å². The number of nitrogens with one attached hydrogen (secondary N) is 1. The standard InChI is InChI=1S/C11H23NS/c1-3-12-11-6-4-5-10(9-11)7-8-13-2/h10-12H,3-9H2,1-2H3. The number of thioether (sulfide) groups is 1. The molecule has 0 aliphatic heterocycles. The molecule has 0 bridgehead atoms. The second-order valence-corrected chi connectivity index (χ2v) is 5.05. The van der Waals surface area contributed by atoms with Crippen molar-refractivity contribution < 1.29 is 0 Å². The van der Waals surface area contributed by atoms with E-state index in [-0.39, 0.29) is 0 Å². The van der Waals surface area contributed by atoms with E-state index in [9.17, 15) is 0 Å². The molecular formula is C11H23NS. The van der Waals surface area contributed by atoms with Crippen LogP contribution in [0.1, 0.15) is 39.0 Å². The molecular weight excluding hydrogens is 178 g/mol. The Balaban J connectivity index is 2.16. The van der Waals surface area contributed by atoms with E-state index < -0.39 is 0 Å². The van der Waals surface area contributed by atoms with Crippen molar-refractivity contribution in [2.24, 2.45) is 5.92 Å². The molecule has 0 aromatic carbocycles. The summed E-state index contributed by atoms with van der Waals surface area (Å²) in [5, 5.41) is 3.58. The lowest BCUT2D eigenvalue weighted by Crippen LogP contribution is -2.34. The highest BCUT2D eigenvalue weighted by Gasteiger charge is 2.20. The summed E-state index contributed by atoms with van der Waals surface area (Å²) < 4.78 is 0. The average molecular weight is 201 g/mol. The lowest BCUT2D eigenvalue weighted by atomic mass is 9.84. The van der Waals surface area contributed by atoms with E-state index in [2.05, 4.69) is 18.5 Å². The minimum atomic E-state index is 0.825. The van der Waals surface area contributed by atoms with Crippen LogP contribution in [0.2, 0.25) is 0 Å². The third kappa shape index (κ3) is 4.37. The van der Waals surface area contributed by atoms with Crippen LogP contribution >= 0.6 is 11.8 Å². The number of hydrogen-bond donors (Lipinski definition) is 1. The van der Waals surface area contributed by atoms with E-state index >= 15 is 0 Å². The number of rotatable bonds is 5. The predicted octanol–water partition coefficient (Wildman–Crippen LogP) is 2.91. The largest absolute Gasteiger partial charge is 0.314 e. The molecule has 1 fully saturated rings. The first-order valence-electron chi connectivity index (χ1n) is 5.59. The van der Waals surface area contributed by atoms with Gasteiger partial charge in [0.15, 0.2) is 0 Å². The first-order chi connectivity index (χ1) is 6.36. The van der Waals surface area contributed by atoms with Crippen molar-refractivity contribution in [3.8, 4) is 0 Å². The van der Waals surface area contributed by atoms with Crippen molar-refractivity contribution in [2.75, 3.05) is 18.6 Å². The Morgan fingerprint density at radius 2 is 2.23 bits per heavy atom. The van der Waals surface area contributed by atoms with Gasteiger partial charge in [0.2, 0.25) is 0 Å². The van der Waals surface area contributed by atoms with E-state index in [1.807, 2.05) is 11.8 Å². The molecule has 13 heavy (non-hydrogen) atoms. The van der Waals surface area contributed by atoms with Crippen LogP contribution in [0, 0.1) is 5.92 Å². The topological polar surface area (TPSA) is 12.0 Å². The van der Waals surface area contributed by atoms with Crippen LogP contribution in [0.3, 0.4) is 0 Å². The fourth-order valence-electron chi connectivity index (χ4n) is 2.31. The molecule has 0 radical (unpaired) electrons. The summed E-state index contributed by atoms with van der Waals surface area (Å²) in [4.78, 5) is 0. The monoisotopic (exact) mass is 201 g/mol. The van der Waals surface area contributed by atoms with E-state index in [4.69, 9.17) is 0 Å². The predicted molar refractivity (Wildman–Crippen MR) is 62.4 cm³/mol. The Morgan fingerprint density at radius 1 is 1.38 bits per heavy atom. The van der Waals surface area contributed by atoms with Gasteiger partial charge in [-0.25, -0.2) is 0 Å². The third-order valence-corrected chi connectivity index (χ3v) is 3.65. The van der Waals surface area contributed by atoms with Gasteiger partial charge in [-0.05, 0) is 43.7 Å². The maximum Gasteiger partial charge on any atom is 0.00695 e. The molecule has 1 saturated carbocycles. The Bertz CT molecular complexity index is 125. The van der Waals surface area contributed by atoms with Crippen LogP contribution in [0.5, 0.6) is 0 Å². The second kappa shape index (κ2) is 6.72. The van der Waals surface area contributed by atoms with Gasteiger partial charge in [0.25, 0.3) is 0 Å². The lowest BCUT2D eigenvalue weighted by Gasteiger charge is -2.29. The molecule has 1 aliphatic rings. The van der Waals surface area contributed by atoms with Gasteiger partial charge in [-0.1, -0.05) is 19.8 Å². The highest BCUT2D eigenvalue weighted by Crippen LogP contribution is 2.27. The fourth-order valence-corrected chi connectivity index (χ4v) is 2.88. The Labute approximate surface area is 87.1 Å². The van der Waals surface area contributed by atoms with Crippen LogP contribution in [-0.2, 0) is 0 Å². The Hall–Kier alpha value is 0.310. The smallest absolute Gasteiger partial charge is 0.00695 e. The molecule has 2 heteroatoms. The van der Waals surface area contributed by atoms with Crippen molar-refractivity contribution in [1.82, 2.24) is 5.32 Å². The van der Waals surface area contributed by atoms with Gasteiger partial charge in [-0.15, -0.1) is 0 Å². The Kier molecular flexibility index (Phi) is 5.88. The summed E-state index contributed by atoms with van der Waals surface area (Å²) in [5.74, 6) is 2.36. The molecule has 0 amide bonds. The maximum absolute atomic E-state index is 3.58. The van der Waals surface area contributed by atoms with Gasteiger partial charge in [0.05, 0.1) is 0 Å². The van der Waals surface area contributed by atoms with Crippen molar-refractivity contribution in [3.05, 3.63) is 0 Å². The van der Waals surface area contributed by atoms with Crippen LogP contribution in [0.15, 0.2) is 0 Å². The molecule has 0 aromatic rings. The molecule has 0 spiro atoms. The summed E-state index contributed by atoms with van der Waals surface area (Å²) in [5.41, 5.74) is 0. The van der Waals surface area contributed by atoms with Crippen LogP contribution in [0.4, 0.5) is 0 Å². The average Bonchev–Trinajstić information content (AvgIpc) is 2.16. The summed E-state index contributed by atoms with van der Waals surface area (Å²) in [6, 6.07) is 0.825. The minimum absolute atomic E-state index is 0.825. The quantitative estimate of drug-likeness (QED) is 0.734. The molecule has 0 heterocycles. The zero-order chi connectivity index (χ0) is 9.52. The van der Waals surface area contributed by atoms with E-state index in [0.717, 1.165) is 18.5 Å². The Morgan fingerprint density at radius 3 is 2.92 bits per heavy atom. The molecule has 1 rings (SSSR count). The summed E-state index contributed by atoms with van der Waals surface area (Å²) in [6.45, 7) is 3.35. The van der Waals surface area contributed by atoms with Gasteiger partial charge in [-0.2, -0.15) is 11.8 Å². The van der Waals surface area contributed by atoms with E-state index in [1.165, 1.54) is 37.9 Å².